The predicted octanol–water partition coefficient (Wildman–Crippen LogP) is 4.74. The van der Waals surface area contributed by atoms with E-state index in [1.54, 1.807) is 12.1 Å². The molecule has 2 aromatic rings. The second-order valence-corrected chi connectivity index (χ2v) is 7.08. The van der Waals surface area contributed by atoms with Gasteiger partial charge in [0.25, 0.3) is 5.91 Å². The van der Waals surface area contributed by atoms with E-state index in [1.165, 1.54) is 6.07 Å². The number of aromatic nitrogens is 2. The largest absolute Gasteiger partial charge is 0.478 e. The van der Waals surface area contributed by atoms with Crippen molar-refractivity contribution in [1.29, 1.82) is 0 Å². The van der Waals surface area contributed by atoms with Gasteiger partial charge in [0.05, 0.1) is 16.6 Å². The summed E-state index contributed by atoms with van der Waals surface area (Å²) in [6, 6.07) is 4.93. The van der Waals surface area contributed by atoms with E-state index >= 15 is 0 Å². The first-order chi connectivity index (χ1) is 13.4. The van der Waals surface area contributed by atoms with Crippen LogP contribution in [0.2, 0.25) is 0 Å². The fourth-order valence-corrected chi connectivity index (χ4v) is 3.73. The van der Waals surface area contributed by atoms with Crippen LogP contribution in [0, 0.1) is 0 Å². The number of carboxylic acid groups (broad SMARTS) is 1. The van der Waals surface area contributed by atoms with Crippen LogP contribution in [0.5, 0.6) is 0 Å². The fraction of sp³-hybridized carbons (Fsp3) is 0.400. The van der Waals surface area contributed by atoms with Gasteiger partial charge in [0.2, 0.25) is 5.95 Å². The van der Waals surface area contributed by atoms with Gasteiger partial charge in [0, 0.05) is 12.5 Å². The number of rotatable bonds is 7. The molecule has 0 fully saturated rings. The number of hydrogen-bond donors (Lipinski definition) is 2. The first kappa shape index (κ1) is 20.1. The van der Waals surface area contributed by atoms with Crippen molar-refractivity contribution in [3.8, 4) is 0 Å². The van der Waals surface area contributed by atoms with E-state index in [1.807, 2.05) is 11.5 Å². The maximum Gasteiger partial charge on any atom is 0.335 e. The molecule has 2 N–H and O–H groups in total. The van der Waals surface area contributed by atoms with E-state index in [4.69, 9.17) is 11.6 Å². The van der Waals surface area contributed by atoms with Gasteiger partial charge in [-0.15, -0.1) is 0 Å². The third-order valence-electron chi connectivity index (χ3n) is 5.06. The Kier molecular flexibility index (Phi) is 5.84. The summed E-state index contributed by atoms with van der Waals surface area (Å²) in [5, 5.41) is 12.5. The fourth-order valence-electron chi connectivity index (χ4n) is 3.43. The molecule has 0 spiro atoms. The number of amides is 1. The minimum atomic E-state index is -1.02. The van der Waals surface area contributed by atoms with Gasteiger partial charge in [0.1, 0.15) is 10.9 Å². The van der Waals surface area contributed by atoms with Crippen molar-refractivity contribution in [2.75, 3.05) is 5.32 Å². The number of aliphatic imine (C=N–C) groups is 1. The van der Waals surface area contributed by atoms with Gasteiger partial charge in [0.15, 0.2) is 0 Å². The molecule has 1 aliphatic rings. The molecule has 0 atom stereocenters. The molecule has 0 saturated carbocycles. The molecule has 0 radical (unpaired) electrons. The van der Waals surface area contributed by atoms with E-state index < -0.39 is 5.97 Å². The predicted molar refractivity (Wildman–Crippen MR) is 110 cm³/mol. The molecule has 3 rings (SSSR count). The van der Waals surface area contributed by atoms with Crippen LogP contribution in [0.25, 0.3) is 11.0 Å². The van der Waals surface area contributed by atoms with E-state index in [0.29, 0.717) is 28.8 Å². The quantitative estimate of drug-likeness (QED) is 0.653. The average Bonchev–Trinajstić information content (AvgIpc) is 3.22. The number of hydrogen-bond acceptors (Lipinski definition) is 4. The van der Waals surface area contributed by atoms with Gasteiger partial charge < -0.3 is 9.67 Å². The average molecular weight is 403 g/mol. The highest BCUT2D eigenvalue weighted by Crippen LogP contribution is 2.30. The number of carbonyl (C=O) groups is 2. The molecule has 8 heteroatoms. The van der Waals surface area contributed by atoms with Crippen LogP contribution in [0.3, 0.4) is 0 Å². The van der Waals surface area contributed by atoms with Crippen LogP contribution >= 0.6 is 11.6 Å². The number of aromatic carboxylic acids is 1. The van der Waals surface area contributed by atoms with Gasteiger partial charge in [-0.25, -0.2) is 14.8 Å². The lowest BCUT2D eigenvalue weighted by molar-refractivity contribution is -0.110. The molecule has 0 unspecified atom stereocenters. The van der Waals surface area contributed by atoms with Crippen molar-refractivity contribution >= 4 is 46.2 Å². The van der Waals surface area contributed by atoms with Crippen molar-refractivity contribution < 1.29 is 14.7 Å². The Morgan fingerprint density at radius 2 is 2.00 bits per heavy atom. The number of halogens is 1. The van der Waals surface area contributed by atoms with Crippen molar-refractivity contribution in [3.05, 3.63) is 34.5 Å². The number of nitrogens with one attached hydrogen (secondary N) is 1. The minimum Gasteiger partial charge on any atom is -0.478 e. The Hall–Kier alpha value is -2.67. The Bertz CT molecular complexity index is 1000. The minimum absolute atomic E-state index is 0.120. The molecular formula is C20H23ClN4O3. The van der Waals surface area contributed by atoms with Gasteiger partial charge in [-0.05, 0) is 43.0 Å². The summed E-state index contributed by atoms with van der Waals surface area (Å²) in [7, 11) is 0. The SMILES string of the molecule is CCC1=C(Cl)N=C(C(=O)Nc2nc3cc(C(=O)O)ccc3n2C(CC)CC)C1. The molecule has 1 aliphatic heterocycles. The maximum absolute atomic E-state index is 12.8. The van der Waals surface area contributed by atoms with Crippen LogP contribution in [-0.4, -0.2) is 32.2 Å². The zero-order chi connectivity index (χ0) is 20.4. The lowest BCUT2D eigenvalue weighted by atomic mass is 10.1. The summed E-state index contributed by atoms with van der Waals surface area (Å²) in [5.41, 5.74) is 2.76. The summed E-state index contributed by atoms with van der Waals surface area (Å²) >= 11 is 6.09. The second-order valence-electron chi connectivity index (χ2n) is 6.72. The summed E-state index contributed by atoms with van der Waals surface area (Å²) in [6.07, 6.45) is 2.86. The zero-order valence-electron chi connectivity index (χ0n) is 16.1. The van der Waals surface area contributed by atoms with Gasteiger partial charge >= 0.3 is 5.97 Å². The molecule has 1 aromatic heterocycles. The molecule has 2 heterocycles. The molecule has 148 valence electrons. The number of carbonyl (C=O) groups excluding carboxylic acids is 1. The Morgan fingerprint density at radius 1 is 1.29 bits per heavy atom. The number of benzene rings is 1. The monoisotopic (exact) mass is 402 g/mol. The smallest absolute Gasteiger partial charge is 0.335 e. The highest BCUT2D eigenvalue weighted by Gasteiger charge is 2.25. The first-order valence-electron chi connectivity index (χ1n) is 9.41. The summed E-state index contributed by atoms with van der Waals surface area (Å²) < 4.78 is 1.96. The van der Waals surface area contributed by atoms with Crippen LogP contribution in [0.15, 0.2) is 33.9 Å². The number of anilines is 1. The standard InChI is InChI=1S/C20H23ClN4O3/c1-4-11-9-15(22-17(11)21)18(26)24-20-23-14-10-12(19(27)28)7-8-16(14)25(20)13(5-2)6-3/h7-8,10,13H,4-6,9H2,1-3H3,(H,27,28)(H,23,24,26). The number of carboxylic acids is 1. The summed E-state index contributed by atoms with van der Waals surface area (Å²) in [4.78, 5) is 32.7. The molecule has 1 aromatic carbocycles. The number of nitrogens with zero attached hydrogens (tertiary/aromatic N) is 3. The number of fused-ring (bicyclic) bond motifs is 1. The van der Waals surface area contributed by atoms with Crippen molar-refractivity contribution in [3.63, 3.8) is 0 Å². The zero-order valence-corrected chi connectivity index (χ0v) is 16.9. The molecule has 0 aliphatic carbocycles. The Balaban J connectivity index is 1.99. The topological polar surface area (TPSA) is 96.6 Å². The Morgan fingerprint density at radius 3 is 2.57 bits per heavy atom. The molecule has 0 bridgehead atoms. The highest BCUT2D eigenvalue weighted by molar-refractivity contribution is 6.46. The normalized spacial score (nSPS) is 14.1. The third-order valence-corrected chi connectivity index (χ3v) is 5.42. The molecule has 28 heavy (non-hydrogen) atoms. The van der Waals surface area contributed by atoms with E-state index in [9.17, 15) is 14.7 Å². The van der Waals surface area contributed by atoms with Crippen LogP contribution in [-0.2, 0) is 4.79 Å². The summed E-state index contributed by atoms with van der Waals surface area (Å²) in [5.74, 6) is -0.972. The number of imidazole rings is 1. The maximum atomic E-state index is 12.8. The molecule has 1 amide bonds. The van der Waals surface area contributed by atoms with E-state index in [2.05, 4.69) is 29.1 Å². The van der Waals surface area contributed by atoms with Gasteiger partial charge in [-0.1, -0.05) is 32.4 Å². The molecule has 7 nitrogen and oxygen atoms in total. The summed E-state index contributed by atoms with van der Waals surface area (Å²) in [6.45, 7) is 6.10. The van der Waals surface area contributed by atoms with Crippen molar-refractivity contribution in [2.24, 2.45) is 4.99 Å². The van der Waals surface area contributed by atoms with Crippen LogP contribution in [0.1, 0.15) is 62.9 Å². The second kappa shape index (κ2) is 8.14. The van der Waals surface area contributed by atoms with Gasteiger partial charge in [-0.2, -0.15) is 0 Å². The third kappa shape index (κ3) is 3.67. The van der Waals surface area contributed by atoms with Crippen LogP contribution in [0.4, 0.5) is 5.95 Å². The van der Waals surface area contributed by atoms with E-state index in [-0.39, 0.29) is 17.5 Å². The number of allylic oxidation sites excluding steroid dienone is 1. The molecular weight excluding hydrogens is 380 g/mol. The van der Waals surface area contributed by atoms with Crippen molar-refractivity contribution in [1.82, 2.24) is 9.55 Å². The highest BCUT2D eigenvalue weighted by atomic mass is 35.5. The van der Waals surface area contributed by atoms with Crippen molar-refractivity contribution in [2.45, 2.75) is 52.5 Å². The first-order valence-corrected chi connectivity index (χ1v) is 9.79. The van der Waals surface area contributed by atoms with Gasteiger partial charge in [-0.3, -0.25) is 10.1 Å². The molecule has 0 saturated heterocycles. The lowest BCUT2D eigenvalue weighted by Gasteiger charge is -2.19. The Labute approximate surface area is 168 Å². The van der Waals surface area contributed by atoms with E-state index in [0.717, 1.165) is 30.4 Å². The lowest BCUT2D eigenvalue weighted by Crippen LogP contribution is -2.24. The van der Waals surface area contributed by atoms with Crippen LogP contribution < -0.4 is 5.32 Å².